The van der Waals surface area contributed by atoms with Crippen LogP contribution in [-0.4, -0.2) is 56.6 Å². The number of carbonyl (C=O) groups excluding carboxylic acids is 1. The quantitative estimate of drug-likeness (QED) is 0.434. The highest BCUT2D eigenvalue weighted by Crippen LogP contribution is 2.34. The standard InChI is InChI=1S/C22H18F8N6O3S/c1-11-16(24)6-17(36(11)40(38,39)15-4-2-13(23)3-5-15)19(37)31-7-12-10-35(34-18(12)21(25,26)27)14-8-32-20(33-9-14)22(28,29)30/h2-5,8-11,16-17H,6-7H2,1H3,(H,31,37)/t11-,16?,17-/m0/s1. The molecule has 2 aromatic heterocycles. The third-order valence-electron chi connectivity index (χ3n) is 6.04. The molecule has 0 bridgehead atoms. The van der Waals surface area contributed by atoms with Crippen LogP contribution in [0.5, 0.6) is 0 Å². The van der Waals surface area contributed by atoms with Gasteiger partial charge in [-0.05, 0) is 31.2 Å². The van der Waals surface area contributed by atoms with Crippen LogP contribution in [0, 0.1) is 5.82 Å². The van der Waals surface area contributed by atoms with Gasteiger partial charge in [-0.25, -0.2) is 31.8 Å². The van der Waals surface area contributed by atoms with Crippen molar-refractivity contribution in [2.75, 3.05) is 0 Å². The Morgan fingerprint density at radius 3 is 2.20 bits per heavy atom. The van der Waals surface area contributed by atoms with Crippen molar-refractivity contribution in [3.05, 3.63) is 65.8 Å². The van der Waals surface area contributed by atoms with E-state index >= 15 is 0 Å². The third kappa shape index (κ3) is 5.77. The van der Waals surface area contributed by atoms with Crippen LogP contribution in [-0.2, 0) is 33.7 Å². The van der Waals surface area contributed by atoms with Gasteiger partial charge in [-0.2, -0.15) is 35.7 Å². The molecule has 1 aliphatic rings. The molecule has 1 fully saturated rings. The molecule has 3 aromatic rings. The molecule has 1 unspecified atom stereocenters. The monoisotopic (exact) mass is 598 g/mol. The minimum absolute atomic E-state index is 0.350. The Bertz CT molecular complexity index is 1490. The van der Waals surface area contributed by atoms with E-state index in [1.165, 1.54) is 6.92 Å². The Labute approximate surface area is 220 Å². The van der Waals surface area contributed by atoms with Gasteiger partial charge in [0.25, 0.3) is 0 Å². The second kappa shape index (κ2) is 10.4. The molecule has 1 aromatic carbocycles. The lowest BCUT2D eigenvalue weighted by molar-refractivity contribution is -0.145. The highest BCUT2D eigenvalue weighted by atomic mass is 32.2. The van der Waals surface area contributed by atoms with Crippen molar-refractivity contribution in [3.8, 4) is 5.69 Å². The van der Waals surface area contributed by atoms with E-state index in [1.54, 1.807) is 0 Å². The smallest absolute Gasteiger partial charge is 0.350 e. The van der Waals surface area contributed by atoms with Crippen LogP contribution in [0.25, 0.3) is 5.69 Å². The summed E-state index contributed by atoms with van der Waals surface area (Å²) in [6.07, 6.45) is -10.3. The Balaban J connectivity index is 1.58. The van der Waals surface area contributed by atoms with Crippen LogP contribution < -0.4 is 5.32 Å². The first-order valence-electron chi connectivity index (χ1n) is 11.3. The average molecular weight is 598 g/mol. The van der Waals surface area contributed by atoms with Crippen LogP contribution >= 0.6 is 0 Å². The van der Waals surface area contributed by atoms with Crippen molar-refractivity contribution >= 4 is 15.9 Å². The van der Waals surface area contributed by atoms with Crippen molar-refractivity contribution in [1.82, 2.24) is 29.4 Å². The highest BCUT2D eigenvalue weighted by Gasteiger charge is 2.49. The third-order valence-corrected chi connectivity index (χ3v) is 8.05. The van der Waals surface area contributed by atoms with Gasteiger partial charge in [0, 0.05) is 24.7 Å². The molecule has 40 heavy (non-hydrogen) atoms. The van der Waals surface area contributed by atoms with Crippen LogP contribution in [0.3, 0.4) is 0 Å². The molecule has 0 spiro atoms. The number of hydrogen-bond acceptors (Lipinski definition) is 6. The lowest BCUT2D eigenvalue weighted by atomic mass is 10.1. The maximum atomic E-state index is 14.6. The Hall–Kier alpha value is -3.67. The molecule has 1 N–H and O–H groups in total. The summed E-state index contributed by atoms with van der Waals surface area (Å²) in [4.78, 5) is 18.6. The molecule has 18 heteroatoms. The molecule has 0 saturated carbocycles. The number of halogens is 8. The molecule has 0 radical (unpaired) electrons. The summed E-state index contributed by atoms with van der Waals surface area (Å²) >= 11 is 0. The molecule has 216 valence electrons. The number of benzene rings is 1. The van der Waals surface area contributed by atoms with Gasteiger partial charge in [-0.1, -0.05) is 0 Å². The fourth-order valence-electron chi connectivity index (χ4n) is 4.09. The number of nitrogens with one attached hydrogen (secondary N) is 1. The number of aromatic nitrogens is 4. The van der Waals surface area contributed by atoms with E-state index in [-0.39, 0.29) is 5.69 Å². The first-order chi connectivity index (χ1) is 18.5. The molecule has 9 nitrogen and oxygen atoms in total. The Morgan fingerprint density at radius 1 is 1.05 bits per heavy atom. The Morgan fingerprint density at radius 2 is 1.65 bits per heavy atom. The van der Waals surface area contributed by atoms with Crippen molar-refractivity contribution in [1.29, 1.82) is 0 Å². The zero-order chi connectivity index (χ0) is 29.6. The second-order valence-electron chi connectivity index (χ2n) is 8.72. The van der Waals surface area contributed by atoms with Gasteiger partial charge < -0.3 is 5.32 Å². The van der Waals surface area contributed by atoms with E-state index in [0.717, 1.165) is 30.5 Å². The molecule has 4 rings (SSSR count). The van der Waals surface area contributed by atoms with Crippen LogP contribution in [0.15, 0.2) is 47.8 Å². The number of sulfonamides is 1. The van der Waals surface area contributed by atoms with Crippen molar-refractivity contribution in [3.63, 3.8) is 0 Å². The van der Waals surface area contributed by atoms with Gasteiger partial charge in [-0.15, -0.1) is 0 Å². The topological polar surface area (TPSA) is 110 Å². The van der Waals surface area contributed by atoms with E-state index < -0.39 is 87.3 Å². The minimum Gasteiger partial charge on any atom is -0.350 e. The highest BCUT2D eigenvalue weighted by molar-refractivity contribution is 7.89. The summed E-state index contributed by atoms with van der Waals surface area (Å²) in [6, 6.07) is 0.591. The average Bonchev–Trinajstić information content (AvgIpc) is 3.44. The van der Waals surface area contributed by atoms with Crippen molar-refractivity contribution in [2.45, 2.75) is 55.4 Å². The van der Waals surface area contributed by atoms with E-state index in [4.69, 9.17) is 0 Å². The van der Waals surface area contributed by atoms with Gasteiger partial charge in [-0.3, -0.25) is 4.79 Å². The minimum atomic E-state index is -5.05. The summed E-state index contributed by atoms with van der Waals surface area (Å²) in [5.74, 6) is -3.38. The number of amides is 1. The molecule has 1 aliphatic heterocycles. The number of alkyl halides is 7. The number of rotatable bonds is 6. The van der Waals surface area contributed by atoms with Gasteiger partial charge in [0.05, 0.1) is 23.3 Å². The summed E-state index contributed by atoms with van der Waals surface area (Å²) < 4.78 is 134. The van der Waals surface area contributed by atoms with Gasteiger partial charge in [0.2, 0.25) is 21.8 Å². The molecule has 0 aliphatic carbocycles. The lowest BCUT2D eigenvalue weighted by Gasteiger charge is -2.26. The zero-order valence-corrected chi connectivity index (χ0v) is 20.9. The largest absolute Gasteiger partial charge is 0.451 e. The van der Waals surface area contributed by atoms with Crippen molar-refractivity contribution in [2.24, 2.45) is 0 Å². The Kier molecular flexibility index (Phi) is 7.61. The normalized spacial score (nSPS) is 20.6. The zero-order valence-electron chi connectivity index (χ0n) is 20.1. The summed E-state index contributed by atoms with van der Waals surface area (Å²) in [6.45, 7) is 0.360. The maximum Gasteiger partial charge on any atom is 0.451 e. The van der Waals surface area contributed by atoms with Gasteiger partial charge >= 0.3 is 12.4 Å². The molecule has 3 heterocycles. The summed E-state index contributed by atoms with van der Waals surface area (Å²) in [7, 11) is -4.52. The number of nitrogens with zero attached hydrogens (tertiary/aromatic N) is 5. The number of hydrogen-bond donors (Lipinski definition) is 1. The van der Waals surface area contributed by atoms with Gasteiger partial charge in [0.1, 0.15) is 23.7 Å². The van der Waals surface area contributed by atoms with Crippen molar-refractivity contribution < 1.29 is 48.3 Å². The fraction of sp³-hybridized carbons (Fsp3) is 0.364. The predicted octanol–water partition coefficient (Wildman–Crippen LogP) is 3.65. The second-order valence-corrected chi connectivity index (χ2v) is 10.6. The first-order valence-corrected chi connectivity index (χ1v) is 12.7. The van der Waals surface area contributed by atoms with E-state index in [1.807, 2.05) is 0 Å². The predicted molar refractivity (Wildman–Crippen MR) is 119 cm³/mol. The first kappa shape index (κ1) is 29.3. The molecular formula is C22H18F8N6O3S. The fourth-order valence-corrected chi connectivity index (χ4v) is 5.90. The molecular weight excluding hydrogens is 580 g/mol. The molecule has 1 amide bonds. The van der Waals surface area contributed by atoms with Gasteiger partial charge in [0.15, 0.2) is 5.69 Å². The maximum absolute atomic E-state index is 14.6. The lowest BCUT2D eigenvalue weighted by Crippen LogP contribution is -2.48. The van der Waals surface area contributed by atoms with E-state index in [2.05, 4.69) is 20.4 Å². The van der Waals surface area contributed by atoms with E-state index in [0.29, 0.717) is 21.4 Å². The van der Waals surface area contributed by atoms with E-state index in [9.17, 15) is 48.3 Å². The summed E-state index contributed by atoms with van der Waals surface area (Å²) in [5, 5.41) is 5.47. The molecule has 1 saturated heterocycles. The number of carbonyl (C=O) groups is 1. The molecule has 3 atom stereocenters. The SMILES string of the molecule is C[C@H]1C(F)C[C@@H](C(=O)NCc2cn(-c3cnc(C(F)(F)F)nc3)nc2C(F)(F)F)N1S(=O)(=O)c1ccc(F)cc1. The van der Waals surface area contributed by atoms with Crippen LogP contribution in [0.4, 0.5) is 35.1 Å². The summed E-state index contributed by atoms with van der Waals surface area (Å²) in [5.41, 5.74) is -2.47. The van der Waals surface area contributed by atoms with Crippen LogP contribution in [0.1, 0.15) is 30.4 Å². The van der Waals surface area contributed by atoms with Crippen LogP contribution in [0.2, 0.25) is 0 Å².